The van der Waals surface area contributed by atoms with Gasteiger partial charge in [-0.1, -0.05) is 24.3 Å². The van der Waals surface area contributed by atoms with E-state index >= 15 is 0 Å². The van der Waals surface area contributed by atoms with Gasteiger partial charge in [0.2, 0.25) is 11.6 Å². The van der Waals surface area contributed by atoms with Crippen molar-refractivity contribution in [3.05, 3.63) is 81.6 Å². The first-order chi connectivity index (χ1) is 14.3. The van der Waals surface area contributed by atoms with Crippen LogP contribution in [0.3, 0.4) is 0 Å². The van der Waals surface area contributed by atoms with Crippen LogP contribution in [-0.4, -0.2) is 25.8 Å². The topological polar surface area (TPSA) is 76.7 Å². The predicted molar refractivity (Wildman–Crippen MR) is 117 cm³/mol. The van der Waals surface area contributed by atoms with Gasteiger partial charge < -0.3 is 20.1 Å². The number of nitrogens with one attached hydrogen (secondary N) is 2. The van der Waals surface area contributed by atoms with Crippen molar-refractivity contribution in [2.75, 3.05) is 24.9 Å². The van der Waals surface area contributed by atoms with Crippen molar-refractivity contribution in [2.45, 2.75) is 27.7 Å². The lowest BCUT2D eigenvalue weighted by molar-refractivity contribution is -0.120. The van der Waals surface area contributed by atoms with Gasteiger partial charge in [0.25, 0.3) is 0 Å². The monoisotopic (exact) mass is 406 g/mol. The molecule has 0 amide bonds. The summed E-state index contributed by atoms with van der Waals surface area (Å²) in [4.78, 5) is 26.5. The second-order valence-electron chi connectivity index (χ2n) is 7.22. The summed E-state index contributed by atoms with van der Waals surface area (Å²) in [5.74, 6) is -1.03. The van der Waals surface area contributed by atoms with Crippen molar-refractivity contribution in [2.24, 2.45) is 0 Å². The number of methoxy groups -OCH3 is 2. The second-order valence-corrected chi connectivity index (χ2v) is 7.22. The van der Waals surface area contributed by atoms with E-state index in [1.807, 2.05) is 64.1 Å². The molecule has 1 aliphatic carbocycles. The number of hydrogen-bond acceptors (Lipinski definition) is 6. The smallest absolute Gasteiger partial charge is 0.249 e. The molecule has 0 spiro atoms. The number of hydrogen-bond donors (Lipinski definition) is 2. The molecule has 0 heterocycles. The van der Waals surface area contributed by atoms with E-state index in [1.165, 1.54) is 14.2 Å². The van der Waals surface area contributed by atoms with Gasteiger partial charge in [-0.25, -0.2) is 0 Å². The van der Waals surface area contributed by atoms with Crippen LogP contribution in [0, 0.1) is 27.7 Å². The fourth-order valence-electron chi connectivity index (χ4n) is 3.32. The largest absolute Gasteiger partial charge is 0.491 e. The van der Waals surface area contributed by atoms with Crippen LogP contribution in [0.5, 0.6) is 0 Å². The SMILES string of the molecule is COC1=C(Nc2cccc(C)c2C)C(=O)C(OC)=C(Nc2cccc(C)c2C)C1=O. The molecule has 0 saturated heterocycles. The summed E-state index contributed by atoms with van der Waals surface area (Å²) >= 11 is 0. The first-order valence-corrected chi connectivity index (χ1v) is 9.62. The fraction of sp³-hybridized carbons (Fsp3) is 0.250. The second kappa shape index (κ2) is 8.45. The van der Waals surface area contributed by atoms with E-state index in [-0.39, 0.29) is 22.9 Å². The summed E-state index contributed by atoms with van der Waals surface area (Å²) < 4.78 is 10.7. The normalized spacial score (nSPS) is 14.2. The van der Waals surface area contributed by atoms with Gasteiger partial charge in [0.15, 0.2) is 11.5 Å². The lowest BCUT2D eigenvalue weighted by atomic mass is 9.99. The van der Waals surface area contributed by atoms with Crippen LogP contribution in [0.1, 0.15) is 22.3 Å². The molecule has 0 bridgehead atoms. The van der Waals surface area contributed by atoms with Crippen LogP contribution >= 0.6 is 0 Å². The van der Waals surface area contributed by atoms with E-state index in [2.05, 4.69) is 10.6 Å². The van der Waals surface area contributed by atoms with Crippen molar-refractivity contribution in [3.63, 3.8) is 0 Å². The first kappa shape index (κ1) is 21.2. The van der Waals surface area contributed by atoms with E-state index < -0.39 is 11.6 Å². The zero-order valence-corrected chi connectivity index (χ0v) is 18.1. The maximum atomic E-state index is 13.2. The highest BCUT2D eigenvalue weighted by Gasteiger charge is 2.37. The summed E-state index contributed by atoms with van der Waals surface area (Å²) in [5, 5.41) is 6.17. The van der Waals surface area contributed by atoms with Gasteiger partial charge >= 0.3 is 0 Å². The molecule has 156 valence electrons. The van der Waals surface area contributed by atoms with Crippen LogP contribution in [0.4, 0.5) is 11.4 Å². The Balaban J connectivity index is 2.05. The Labute approximate surface area is 176 Å². The zero-order valence-electron chi connectivity index (χ0n) is 18.1. The minimum atomic E-state index is -0.456. The van der Waals surface area contributed by atoms with Crippen LogP contribution < -0.4 is 10.6 Å². The van der Waals surface area contributed by atoms with E-state index in [1.54, 1.807) is 0 Å². The van der Waals surface area contributed by atoms with Gasteiger partial charge in [0.1, 0.15) is 11.4 Å². The lowest BCUT2D eigenvalue weighted by Gasteiger charge is -2.24. The molecule has 2 N–H and O–H groups in total. The standard InChI is InChI=1S/C24H26N2O4/c1-13-9-7-11-17(15(13)3)25-19-21(27)24(30-6)20(22(28)23(19)29-5)26-18-12-8-10-14(2)16(18)4/h7-12,25-26H,1-6H3. The lowest BCUT2D eigenvalue weighted by Crippen LogP contribution is -2.32. The minimum Gasteiger partial charge on any atom is -0.491 e. The Morgan fingerprint density at radius 2 is 1.00 bits per heavy atom. The summed E-state index contributed by atoms with van der Waals surface area (Å²) in [7, 11) is 2.75. The molecule has 0 saturated carbocycles. The van der Waals surface area contributed by atoms with E-state index in [0.29, 0.717) is 0 Å². The summed E-state index contributed by atoms with van der Waals surface area (Å²) in [6, 6.07) is 11.4. The molecular formula is C24H26N2O4. The molecule has 0 unspecified atom stereocenters. The fourth-order valence-corrected chi connectivity index (χ4v) is 3.32. The van der Waals surface area contributed by atoms with Crippen LogP contribution in [0.15, 0.2) is 59.3 Å². The number of carbonyl (C=O) groups is 2. The molecule has 2 aromatic rings. The molecule has 0 fully saturated rings. The Morgan fingerprint density at radius 3 is 1.33 bits per heavy atom. The molecule has 0 atom stereocenters. The number of carbonyl (C=O) groups excluding carboxylic acids is 2. The molecule has 0 aromatic heterocycles. The van der Waals surface area contributed by atoms with Gasteiger partial charge in [0, 0.05) is 11.4 Å². The molecule has 0 radical (unpaired) electrons. The van der Waals surface area contributed by atoms with Crippen LogP contribution in [0.25, 0.3) is 0 Å². The molecule has 1 aliphatic rings. The average molecular weight is 406 g/mol. The number of benzene rings is 2. The highest BCUT2D eigenvalue weighted by Crippen LogP contribution is 2.30. The molecule has 6 nitrogen and oxygen atoms in total. The molecule has 6 heteroatoms. The third-order valence-corrected chi connectivity index (χ3v) is 5.46. The van der Waals surface area contributed by atoms with Gasteiger partial charge in [-0.3, -0.25) is 9.59 Å². The Bertz CT molecular complexity index is 1010. The van der Waals surface area contributed by atoms with Gasteiger partial charge in [-0.05, 0) is 62.1 Å². The maximum Gasteiger partial charge on any atom is 0.249 e. The van der Waals surface area contributed by atoms with Gasteiger partial charge in [-0.15, -0.1) is 0 Å². The molecule has 30 heavy (non-hydrogen) atoms. The van der Waals surface area contributed by atoms with Crippen molar-refractivity contribution in [3.8, 4) is 0 Å². The van der Waals surface area contributed by atoms with Crippen LogP contribution in [-0.2, 0) is 19.1 Å². The molecular weight excluding hydrogens is 380 g/mol. The maximum absolute atomic E-state index is 13.2. The van der Waals surface area contributed by atoms with Gasteiger partial charge in [0.05, 0.1) is 14.2 Å². The molecule has 2 aromatic carbocycles. The Hall–Kier alpha value is -3.54. The molecule has 3 rings (SSSR count). The highest BCUT2D eigenvalue weighted by atomic mass is 16.5. The average Bonchev–Trinajstić information content (AvgIpc) is 2.72. The van der Waals surface area contributed by atoms with E-state index in [4.69, 9.17) is 9.47 Å². The van der Waals surface area contributed by atoms with Gasteiger partial charge in [-0.2, -0.15) is 0 Å². The highest BCUT2D eigenvalue weighted by molar-refractivity contribution is 6.25. The van der Waals surface area contributed by atoms with Crippen molar-refractivity contribution in [1.82, 2.24) is 0 Å². The van der Waals surface area contributed by atoms with E-state index in [0.717, 1.165) is 33.6 Å². The number of ether oxygens (including phenoxy) is 2. The number of anilines is 2. The van der Waals surface area contributed by atoms with Crippen molar-refractivity contribution < 1.29 is 19.1 Å². The van der Waals surface area contributed by atoms with Crippen molar-refractivity contribution in [1.29, 1.82) is 0 Å². The quantitative estimate of drug-likeness (QED) is 0.696. The summed E-state index contributed by atoms with van der Waals surface area (Å²) in [6.45, 7) is 7.85. The Kier molecular flexibility index (Phi) is 5.96. The Morgan fingerprint density at radius 1 is 0.633 bits per heavy atom. The van der Waals surface area contributed by atoms with Crippen LogP contribution in [0.2, 0.25) is 0 Å². The third-order valence-electron chi connectivity index (χ3n) is 5.46. The summed E-state index contributed by atoms with van der Waals surface area (Å²) in [6.07, 6.45) is 0. The molecule has 0 aliphatic heterocycles. The zero-order chi connectivity index (χ0) is 22.0. The number of rotatable bonds is 6. The summed E-state index contributed by atoms with van der Waals surface area (Å²) in [5.41, 5.74) is 5.64. The minimum absolute atomic E-state index is 0.0552. The number of ketones is 2. The predicted octanol–water partition coefficient (Wildman–Crippen LogP) is 4.31. The van der Waals surface area contributed by atoms with E-state index in [9.17, 15) is 9.59 Å². The number of aryl methyl sites for hydroxylation is 2. The number of Topliss-reactive ketones (excluding diaryl/α,β-unsaturated/α-hetero) is 2. The first-order valence-electron chi connectivity index (χ1n) is 9.62. The third kappa shape index (κ3) is 3.68. The van der Waals surface area contributed by atoms with Crippen molar-refractivity contribution >= 4 is 22.9 Å².